The van der Waals surface area contributed by atoms with Gasteiger partial charge >= 0.3 is 0 Å². The average Bonchev–Trinajstić information content (AvgIpc) is 2.71. The normalized spacial score (nSPS) is 10.4. The van der Waals surface area contributed by atoms with Crippen LogP contribution in [0.3, 0.4) is 0 Å². The number of ether oxygens (including phenoxy) is 3. The van der Waals surface area contributed by atoms with Gasteiger partial charge in [-0.3, -0.25) is 9.59 Å². The van der Waals surface area contributed by atoms with E-state index in [1.165, 1.54) is 27.5 Å². The number of nitrogens with one attached hydrogen (secondary N) is 2. The summed E-state index contributed by atoms with van der Waals surface area (Å²) in [6.07, 6.45) is 1.42. The molecule has 0 heterocycles. The van der Waals surface area contributed by atoms with Crippen molar-refractivity contribution in [1.82, 2.24) is 10.7 Å². The van der Waals surface area contributed by atoms with E-state index < -0.39 is 5.91 Å². The number of carbonyl (C=O) groups excluding carboxylic acids is 2. The Hall–Kier alpha value is -2.82. The van der Waals surface area contributed by atoms with E-state index in [-0.39, 0.29) is 12.5 Å². The molecule has 2 N–H and O–H groups in total. The summed E-state index contributed by atoms with van der Waals surface area (Å²) < 4.78 is 16.5. The summed E-state index contributed by atoms with van der Waals surface area (Å²) in [6, 6.07) is 10.4. The minimum atomic E-state index is -0.463. The first-order valence-electron chi connectivity index (χ1n) is 8.14. The van der Waals surface area contributed by atoms with Gasteiger partial charge in [0.1, 0.15) is 5.75 Å². The molecule has 0 fully saturated rings. The molecule has 2 aromatic carbocycles. The van der Waals surface area contributed by atoms with Crippen LogP contribution in [0.4, 0.5) is 0 Å². The largest absolute Gasteiger partial charge is 0.496 e. The molecule has 148 valence electrons. The highest BCUT2D eigenvalue weighted by atomic mass is 127. The van der Waals surface area contributed by atoms with Crippen molar-refractivity contribution >= 4 is 40.6 Å². The quantitative estimate of drug-likeness (QED) is 0.331. The third-order valence-corrected chi connectivity index (χ3v) is 4.60. The Labute approximate surface area is 176 Å². The second-order valence-electron chi connectivity index (χ2n) is 5.40. The molecule has 0 saturated heterocycles. The highest BCUT2D eigenvalue weighted by molar-refractivity contribution is 14.1. The van der Waals surface area contributed by atoms with Crippen molar-refractivity contribution < 1.29 is 23.8 Å². The van der Waals surface area contributed by atoms with Crippen LogP contribution >= 0.6 is 22.6 Å². The summed E-state index contributed by atoms with van der Waals surface area (Å²) in [5.74, 6) is 0.725. The number of halogens is 1. The number of nitrogens with zero attached hydrogens (tertiary/aromatic N) is 1. The Kier molecular flexibility index (Phi) is 8.05. The van der Waals surface area contributed by atoms with Gasteiger partial charge in [0.25, 0.3) is 11.8 Å². The average molecular weight is 497 g/mol. The molecule has 0 saturated carbocycles. The number of hydrogen-bond donors (Lipinski definition) is 2. The molecule has 0 spiro atoms. The molecule has 0 bridgehead atoms. The number of carbonyl (C=O) groups is 2. The molecule has 0 aliphatic carbocycles. The maximum Gasteiger partial charge on any atom is 0.259 e. The van der Waals surface area contributed by atoms with Crippen molar-refractivity contribution in [3.8, 4) is 17.2 Å². The van der Waals surface area contributed by atoms with Crippen LogP contribution < -0.4 is 25.0 Å². The van der Waals surface area contributed by atoms with Crippen molar-refractivity contribution in [3.63, 3.8) is 0 Å². The molecule has 0 unspecified atom stereocenters. The van der Waals surface area contributed by atoms with Crippen LogP contribution in [0.1, 0.15) is 15.9 Å². The summed E-state index contributed by atoms with van der Waals surface area (Å²) in [5.41, 5.74) is 3.45. The van der Waals surface area contributed by atoms with Gasteiger partial charge in [-0.15, -0.1) is 0 Å². The van der Waals surface area contributed by atoms with E-state index in [1.807, 2.05) is 12.1 Å². The molecule has 9 heteroatoms. The van der Waals surface area contributed by atoms with Crippen LogP contribution in [0.25, 0.3) is 0 Å². The molecule has 0 aromatic heterocycles. The lowest BCUT2D eigenvalue weighted by molar-refractivity contribution is -0.120. The maximum atomic E-state index is 12.1. The van der Waals surface area contributed by atoms with Gasteiger partial charge in [-0.25, -0.2) is 5.43 Å². The first-order valence-corrected chi connectivity index (χ1v) is 9.22. The van der Waals surface area contributed by atoms with Gasteiger partial charge in [-0.1, -0.05) is 12.1 Å². The van der Waals surface area contributed by atoms with Gasteiger partial charge in [0.2, 0.25) is 0 Å². The monoisotopic (exact) mass is 497 g/mol. The summed E-state index contributed by atoms with van der Waals surface area (Å²) >= 11 is 2.06. The molecule has 0 radical (unpaired) electrons. The van der Waals surface area contributed by atoms with Crippen molar-refractivity contribution in [2.45, 2.75) is 0 Å². The number of rotatable bonds is 8. The molecule has 2 rings (SSSR count). The van der Waals surface area contributed by atoms with Crippen molar-refractivity contribution in [2.24, 2.45) is 5.10 Å². The van der Waals surface area contributed by atoms with Gasteiger partial charge < -0.3 is 19.5 Å². The van der Waals surface area contributed by atoms with Crippen LogP contribution in [-0.2, 0) is 4.79 Å². The number of hydrogen-bond acceptors (Lipinski definition) is 6. The lowest BCUT2D eigenvalue weighted by Crippen LogP contribution is -2.35. The molecular formula is C19H20IN3O5. The smallest absolute Gasteiger partial charge is 0.259 e. The fourth-order valence-electron chi connectivity index (χ4n) is 2.27. The van der Waals surface area contributed by atoms with Gasteiger partial charge in [0, 0.05) is 15.2 Å². The molecule has 0 aliphatic heterocycles. The zero-order chi connectivity index (χ0) is 20.5. The third-order valence-electron chi connectivity index (χ3n) is 3.66. The Morgan fingerprint density at radius 2 is 1.68 bits per heavy atom. The minimum Gasteiger partial charge on any atom is -0.496 e. The molecule has 2 aromatic rings. The zero-order valence-corrected chi connectivity index (χ0v) is 17.8. The SMILES string of the molecule is COc1cc(OC)c(OC)cc1C=NNC(=O)CNC(=O)c1ccccc1I. The molecule has 2 amide bonds. The maximum absolute atomic E-state index is 12.1. The number of benzene rings is 2. The van der Waals surface area contributed by atoms with Crippen LogP contribution in [0.15, 0.2) is 41.5 Å². The zero-order valence-electron chi connectivity index (χ0n) is 15.6. The van der Waals surface area contributed by atoms with Gasteiger partial charge in [-0.05, 0) is 40.8 Å². The van der Waals surface area contributed by atoms with Crippen LogP contribution in [0.5, 0.6) is 17.2 Å². The van der Waals surface area contributed by atoms with E-state index >= 15 is 0 Å². The van der Waals surface area contributed by atoms with E-state index in [9.17, 15) is 9.59 Å². The summed E-state index contributed by atoms with van der Waals surface area (Å²) in [4.78, 5) is 24.0. The summed E-state index contributed by atoms with van der Waals surface area (Å²) in [7, 11) is 4.55. The van der Waals surface area contributed by atoms with Gasteiger partial charge in [-0.2, -0.15) is 5.10 Å². The van der Waals surface area contributed by atoms with Crippen LogP contribution in [0.2, 0.25) is 0 Å². The summed E-state index contributed by atoms with van der Waals surface area (Å²) in [6.45, 7) is -0.204. The first-order chi connectivity index (χ1) is 13.5. The lowest BCUT2D eigenvalue weighted by atomic mass is 10.2. The number of methoxy groups -OCH3 is 3. The Morgan fingerprint density at radius 1 is 1.04 bits per heavy atom. The highest BCUT2D eigenvalue weighted by Gasteiger charge is 2.12. The molecule has 28 heavy (non-hydrogen) atoms. The van der Waals surface area contributed by atoms with Crippen molar-refractivity contribution in [3.05, 3.63) is 51.1 Å². The highest BCUT2D eigenvalue weighted by Crippen LogP contribution is 2.33. The third kappa shape index (κ3) is 5.59. The molecule has 8 nitrogen and oxygen atoms in total. The lowest BCUT2D eigenvalue weighted by Gasteiger charge is -2.11. The molecule has 0 aliphatic rings. The Morgan fingerprint density at radius 3 is 2.32 bits per heavy atom. The van der Waals surface area contributed by atoms with E-state index in [0.29, 0.717) is 28.4 Å². The van der Waals surface area contributed by atoms with Crippen LogP contribution in [0, 0.1) is 3.57 Å². The fraction of sp³-hybridized carbons (Fsp3) is 0.211. The fourth-order valence-corrected chi connectivity index (χ4v) is 2.90. The summed E-state index contributed by atoms with van der Waals surface area (Å²) in [5, 5.41) is 6.45. The Balaban J connectivity index is 1.96. The van der Waals surface area contributed by atoms with Crippen molar-refractivity contribution in [2.75, 3.05) is 27.9 Å². The second-order valence-corrected chi connectivity index (χ2v) is 6.57. The molecular weight excluding hydrogens is 477 g/mol. The predicted molar refractivity (Wildman–Crippen MR) is 113 cm³/mol. The second kappa shape index (κ2) is 10.5. The van der Waals surface area contributed by atoms with Gasteiger partial charge in [0.15, 0.2) is 11.5 Å². The van der Waals surface area contributed by atoms with E-state index in [2.05, 4.69) is 38.4 Å². The van der Waals surface area contributed by atoms with E-state index in [0.717, 1.165) is 3.57 Å². The van der Waals surface area contributed by atoms with Crippen LogP contribution in [-0.4, -0.2) is 45.9 Å². The topological polar surface area (TPSA) is 98.2 Å². The van der Waals surface area contributed by atoms with E-state index in [4.69, 9.17) is 14.2 Å². The molecule has 0 atom stereocenters. The predicted octanol–water partition coefficient (Wildman–Crippen LogP) is 2.20. The number of hydrazone groups is 1. The standard InChI is InChI=1S/C19H20IN3O5/c1-26-15-9-17(28-3)16(27-2)8-12(15)10-22-23-18(24)11-21-19(25)13-6-4-5-7-14(13)20/h4-10H,11H2,1-3H3,(H,21,25)(H,23,24). The van der Waals surface area contributed by atoms with Crippen molar-refractivity contribution in [1.29, 1.82) is 0 Å². The number of amides is 2. The minimum absolute atomic E-state index is 0.204. The first kappa shape index (κ1) is 21.5. The van der Waals surface area contributed by atoms with Gasteiger partial charge in [0.05, 0.1) is 39.7 Å². The Bertz CT molecular complexity index is 886. The van der Waals surface area contributed by atoms with E-state index in [1.54, 1.807) is 24.3 Å².